The molecule has 0 radical (unpaired) electrons. The van der Waals surface area contributed by atoms with E-state index in [-0.39, 0.29) is 0 Å². The van der Waals surface area contributed by atoms with E-state index in [1.54, 1.807) is 0 Å². The Balaban J connectivity index is 2.20. The van der Waals surface area contributed by atoms with Gasteiger partial charge in [0.15, 0.2) is 0 Å². The first kappa shape index (κ1) is 12.8. The van der Waals surface area contributed by atoms with Gasteiger partial charge in [0, 0.05) is 18.2 Å². The van der Waals surface area contributed by atoms with Gasteiger partial charge in [-0.05, 0) is 38.4 Å². The van der Waals surface area contributed by atoms with E-state index in [2.05, 4.69) is 47.0 Å². The van der Waals surface area contributed by atoms with E-state index in [9.17, 15) is 0 Å². The molecule has 3 nitrogen and oxygen atoms in total. The highest BCUT2D eigenvalue weighted by molar-refractivity contribution is 5.22. The summed E-state index contributed by atoms with van der Waals surface area (Å²) in [5.74, 6) is 0.368. The maximum absolute atomic E-state index is 5.92. The van der Waals surface area contributed by atoms with Crippen LogP contribution in [0.3, 0.4) is 0 Å². The highest BCUT2D eigenvalue weighted by Gasteiger charge is 2.13. The van der Waals surface area contributed by atoms with Gasteiger partial charge in [0.2, 0.25) is 0 Å². The number of hydrogen-bond donors (Lipinski definition) is 1. The van der Waals surface area contributed by atoms with Crippen LogP contribution in [0, 0.1) is 6.92 Å². The summed E-state index contributed by atoms with van der Waals surface area (Å²) in [4.78, 5) is 0. The molecule has 1 unspecified atom stereocenters. The van der Waals surface area contributed by atoms with E-state index in [0.717, 1.165) is 18.7 Å². The Labute approximate surface area is 109 Å². The van der Waals surface area contributed by atoms with Crippen LogP contribution in [0.4, 0.5) is 0 Å². The minimum absolute atomic E-state index is 0.368. The first-order valence-electron chi connectivity index (χ1n) is 6.53. The van der Waals surface area contributed by atoms with E-state index < -0.39 is 0 Å². The molecule has 96 valence electrons. The molecule has 1 aromatic carbocycles. The van der Waals surface area contributed by atoms with Crippen LogP contribution in [0.2, 0.25) is 0 Å². The second kappa shape index (κ2) is 5.83. The third-order valence-electron chi connectivity index (χ3n) is 3.30. The maximum atomic E-state index is 5.92. The van der Waals surface area contributed by atoms with E-state index in [1.807, 2.05) is 13.0 Å². The van der Waals surface area contributed by atoms with Gasteiger partial charge in [0.25, 0.3) is 0 Å². The zero-order chi connectivity index (χ0) is 13.0. The molecule has 0 saturated carbocycles. The number of hydrogen-bond acceptors (Lipinski definition) is 2. The zero-order valence-electron chi connectivity index (χ0n) is 11.1. The van der Waals surface area contributed by atoms with Crippen molar-refractivity contribution in [2.24, 2.45) is 5.73 Å². The summed E-state index contributed by atoms with van der Waals surface area (Å²) >= 11 is 0. The van der Waals surface area contributed by atoms with Crippen molar-refractivity contribution in [2.75, 3.05) is 6.54 Å². The van der Waals surface area contributed by atoms with E-state index in [0.29, 0.717) is 12.5 Å². The second-order valence-electron chi connectivity index (χ2n) is 4.64. The average Bonchev–Trinajstić information content (AvgIpc) is 2.77. The molecule has 0 spiro atoms. The fraction of sp³-hybridized carbons (Fsp3) is 0.400. The Hall–Kier alpha value is -1.61. The van der Waals surface area contributed by atoms with Crippen molar-refractivity contribution >= 4 is 0 Å². The van der Waals surface area contributed by atoms with Crippen LogP contribution in [0.5, 0.6) is 0 Å². The molecule has 3 heteroatoms. The van der Waals surface area contributed by atoms with Gasteiger partial charge in [-0.25, -0.2) is 0 Å². The summed E-state index contributed by atoms with van der Waals surface area (Å²) in [6.07, 6.45) is 0.954. The zero-order valence-corrected chi connectivity index (χ0v) is 11.1. The Morgan fingerprint density at radius 1 is 1.28 bits per heavy atom. The van der Waals surface area contributed by atoms with Crippen molar-refractivity contribution in [3.8, 4) is 0 Å². The molecule has 18 heavy (non-hydrogen) atoms. The van der Waals surface area contributed by atoms with Gasteiger partial charge in [0.1, 0.15) is 0 Å². The molecule has 0 aliphatic carbocycles. The van der Waals surface area contributed by atoms with Gasteiger partial charge in [-0.2, -0.15) is 5.10 Å². The quantitative estimate of drug-likeness (QED) is 0.877. The van der Waals surface area contributed by atoms with Crippen LogP contribution in [0.25, 0.3) is 0 Å². The molecule has 0 saturated heterocycles. The van der Waals surface area contributed by atoms with Gasteiger partial charge in [0.05, 0.1) is 5.69 Å². The Morgan fingerprint density at radius 3 is 2.61 bits per heavy atom. The van der Waals surface area contributed by atoms with Crippen LogP contribution in [0.15, 0.2) is 36.4 Å². The van der Waals surface area contributed by atoms with Crippen molar-refractivity contribution in [1.29, 1.82) is 0 Å². The summed E-state index contributed by atoms with van der Waals surface area (Å²) in [7, 11) is 0. The lowest BCUT2D eigenvalue weighted by Crippen LogP contribution is -2.17. The fourth-order valence-electron chi connectivity index (χ4n) is 2.35. The SMILES string of the molecule is CCn1nc(C)cc1CC(CN)c1ccccc1. The Kier molecular flexibility index (Phi) is 4.15. The van der Waals surface area contributed by atoms with Crippen LogP contribution >= 0.6 is 0 Å². The Bertz CT molecular complexity index is 488. The van der Waals surface area contributed by atoms with E-state index in [1.165, 1.54) is 11.3 Å². The normalized spacial score (nSPS) is 12.6. The molecule has 0 aliphatic heterocycles. The largest absolute Gasteiger partial charge is 0.330 e. The number of rotatable bonds is 5. The van der Waals surface area contributed by atoms with Crippen molar-refractivity contribution < 1.29 is 0 Å². The fourth-order valence-corrected chi connectivity index (χ4v) is 2.35. The molecule has 0 fully saturated rings. The second-order valence-corrected chi connectivity index (χ2v) is 4.64. The van der Waals surface area contributed by atoms with Gasteiger partial charge in [-0.1, -0.05) is 30.3 Å². The number of nitrogens with zero attached hydrogens (tertiary/aromatic N) is 2. The van der Waals surface area contributed by atoms with Gasteiger partial charge in [-0.15, -0.1) is 0 Å². The van der Waals surface area contributed by atoms with Crippen LogP contribution in [-0.4, -0.2) is 16.3 Å². The van der Waals surface area contributed by atoms with E-state index >= 15 is 0 Å². The topological polar surface area (TPSA) is 43.8 Å². The first-order chi connectivity index (χ1) is 8.74. The number of nitrogens with two attached hydrogens (primary N) is 1. The van der Waals surface area contributed by atoms with Crippen LogP contribution < -0.4 is 5.73 Å². The molecule has 1 atom stereocenters. The summed E-state index contributed by atoms with van der Waals surface area (Å²) in [6.45, 7) is 5.73. The van der Waals surface area contributed by atoms with Crippen LogP contribution in [0.1, 0.15) is 29.8 Å². The van der Waals surface area contributed by atoms with Crippen molar-refractivity contribution in [3.63, 3.8) is 0 Å². The summed E-state index contributed by atoms with van der Waals surface area (Å²) in [6, 6.07) is 12.6. The summed E-state index contributed by atoms with van der Waals surface area (Å²) < 4.78 is 2.07. The summed E-state index contributed by atoms with van der Waals surface area (Å²) in [5.41, 5.74) is 9.58. The predicted octanol–water partition coefficient (Wildman–Crippen LogP) is 2.50. The standard InChI is InChI=1S/C15H21N3/c1-3-18-15(9-12(2)17-18)10-14(11-16)13-7-5-4-6-8-13/h4-9,14H,3,10-11,16H2,1-2H3. The molecular weight excluding hydrogens is 222 g/mol. The molecule has 2 N–H and O–H groups in total. The number of aromatic nitrogens is 2. The lowest BCUT2D eigenvalue weighted by atomic mass is 9.94. The smallest absolute Gasteiger partial charge is 0.0596 e. The van der Waals surface area contributed by atoms with Crippen molar-refractivity contribution in [3.05, 3.63) is 53.3 Å². The lowest BCUT2D eigenvalue weighted by molar-refractivity contribution is 0.583. The summed E-state index contributed by atoms with van der Waals surface area (Å²) in [5, 5.41) is 4.49. The molecule has 2 rings (SSSR count). The third kappa shape index (κ3) is 2.79. The minimum atomic E-state index is 0.368. The highest BCUT2D eigenvalue weighted by atomic mass is 15.3. The van der Waals surface area contributed by atoms with Crippen LogP contribution in [-0.2, 0) is 13.0 Å². The number of benzene rings is 1. The van der Waals surface area contributed by atoms with E-state index in [4.69, 9.17) is 5.73 Å². The average molecular weight is 243 g/mol. The lowest BCUT2D eigenvalue weighted by Gasteiger charge is -2.15. The monoisotopic (exact) mass is 243 g/mol. The molecule has 0 bridgehead atoms. The molecule has 0 amide bonds. The molecule has 2 aromatic rings. The van der Waals surface area contributed by atoms with Crippen molar-refractivity contribution in [1.82, 2.24) is 9.78 Å². The first-order valence-corrected chi connectivity index (χ1v) is 6.53. The molecule has 1 aromatic heterocycles. The van der Waals surface area contributed by atoms with Gasteiger partial charge >= 0.3 is 0 Å². The van der Waals surface area contributed by atoms with Gasteiger partial charge in [-0.3, -0.25) is 4.68 Å². The van der Waals surface area contributed by atoms with Crippen molar-refractivity contribution in [2.45, 2.75) is 32.7 Å². The minimum Gasteiger partial charge on any atom is -0.330 e. The highest BCUT2D eigenvalue weighted by Crippen LogP contribution is 2.20. The molecule has 0 aliphatic rings. The Morgan fingerprint density at radius 2 is 2.00 bits per heavy atom. The molecule has 1 heterocycles. The predicted molar refractivity (Wildman–Crippen MR) is 74.6 cm³/mol. The molecular formula is C15H21N3. The maximum Gasteiger partial charge on any atom is 0.0596 e. The number of aryl methyl sites for hydroxylation is 2. The van der Waals surface area contributed by atoms with Gasteiger partial charge < -0.3 is 5.73 Å². The third-order valence-corrected chi connectivity index (χ3v) is 3.30.